The largest absolute Gasteiger partial charge is 0.454 e. The molecule has 1 aromatic rings. The van der Waals surface area contributed by atoms with Gasteiger partial charge in [-0.25, -0.2) is 4.79 Å². The molecule has 0 aromatic heterocycles. The molecule has 0 spiro atoms. The molecule has 1 N–H and O–H groups in total. The minimum atomic E-state index is -0.689. The van der Waals surface area contributed by atoms with E-state index in [1.807, 2.05) is 6.92 Å². The van der Waals surface area contributed by atoms with Crippen LogP contribution in [0.1, 0.15) is 19.8 Å². The number of hydrogen-bond donors (Lipinski definition) is 1. The zero-order chi connectivity index (χ0) is 18.9. The second-order valence-electron chi connectivity index (χ2n) is 6.23. The summed E-state index contributed by atoms with van der Waals surface area (Å²) < 4.78 is 5.05. The Morgan fingerprint density at radius 1 is 1.50 bits per heavy atom. The molecule has 1 aromatic carbocycles. The fourth-order valence-electron chi connectivity index (χ4n) is 3.12. The monoisotopic (exact) mass is 379 g/mol. The van der Waals surface area contributed by atoms with Crippen molar-refractivity contribution in [2.45, 2.75) is 30.7 Å². The topological polar surface area (TPSA) is 119 Å². The van der Waals surface area contributed by atoms with Gasteiger partial charge in [0.05, 0.1) is 9.79 Å². The predicted molar refractivity (Wildman–Crippen MR) is 93.4 cm³/mol. The predicted octanol–water partition coefficient (Wildman–Crippen LogP) is 1.53. The first-order valence-corrected chi connectivity index (χ1v) is 8.96. The maximum Gasteiger partial charge on any atom is 0.330 e. The molecule has 0 unspecified atom stereocenters. The van der Waals surface area contributed by atoms with Crippen molar-refractivity contribution in [3.8, 4) is 0 Å². The smallest absolute Gasteiger partial charge is 0.330 e. The zero-order valence-corrected chi connectivity index (χ0v) is 14.8. The summed E-state index contributed by atoms with van der Waals surface area (Å²) in [6, 6.07) is 4.76. The number of thioether (sulfide) groups is 1. The van der Waals surface area contributed by atoms with Gasteiger partial charge >= 0.3 is 5.97 Å². The number of benzene rings is 1. The molecule has 10 heteroatoms. The van der Waals surface area contributed by atoms with Crippen LogP contribution in [-0.2, 0) is 19.1 Å². The van der Waals surface area contributed by atoms with Gasteiger partial charge in [0.2, 0.25) is 5.91 Å². The van der Waals surface area contributed by atoms with E-state index >= 15 is 0 Å². The fourth-order valence-corrected chi connectivity index (χ4v) is 4.54. The van der Waals surface area contributed by atoms with Crippen LogP contribution in [0.5, 0.6) is 0 Å². The Morgan fingerprint density at radius 3 is 3.00 bits per heavy atom. The fraction of sp³-hybridized carbons (Fsp3) is 0.438. The molecule has 2 heterocycles. The first kappa shape index (κ1) is 18.2. The molecule has 2 saturated heterocycles. The number of carbonyl (C=O) groups excluding carboxylic acids is 3. The standard InChI is InChI=1S/C16H17N3O6S/c1-16-6-5-14(21)18(16)12(9-26-16)15(22)25-8-13(20)17-10-3-2-4-11(7-10)19(23)24/h2-4,7,12H,5-6,8-9H2,1H3,(H,17,20)/t12-,16+/m1/s1. The molecule has 3 rings (SSSR count). The lowest BCUT2D eigenvalue weighted by Gasteiger charge is -2.29. The lowest BCUT2D eigenvalue weighted by Crippen LogP contribution is -2.47. The second-order valence-corrected chi connectivity index (χ2v) is 7.73. The minimum absolute atomic E-state index is 0.0829. The third-order valence-electron chi connectivity index (χ3n) is 4.40. The normalized spacial score (nSPS) is 24.3. The number of esters is 1. The molecule has 2 amide bonds. The summed E-state index contributed by atoms with van der Waals surface area (Å²) >= 11 is 1.54. The van der Waals surface area contributed by atoms with Crippen molar-refractivity contribution < 1.29 is 24.0 Å². The molecule has 0 bridgehead atoms. The molecular formula is C16H17N3O6S. The van der Waals surface area contributed by atoms with Gasteiger partial charge in [-0.3, -0.25) is 19.7 Å². The molecule has 2 aliphatic heterocycles. The highest BCUT2D eigenvalue weighted by molar-refractivity contribution is 8.01. The number of non-ortho nitro benzene ring substituents is 1. The summed E-state index contributed by atoms with van der Waals surface area (Å²) in [6.07, 6.45) is 1.09. The first-order chi connectivity index (χ1) is 12.3. The number of nitro groups is 1. The Hall–Kier alpha value is -2.62. The van der Waals surface area contributed by atoms with Crippen molar-refractivity contribution in [2.24, 2.45) is 0 Å². The van der Waals surface area contributed by atoms with Gasteiger partial charge in [-0.1, -0.05) is 6.07 Å². The number of nitrogens with one attached hydrogen (secondary N) is 1. The molecule has 0 aliphatic carbocycles. The Balaban J connectivity index is 1.55. The van der Waals surface area contributed by atoms with E-state index in [4.69, 9.17) is 4.74 Å². The van der Waals surface area contributed by atoms with E-state index in [-0.39, 0.29) is 22.2 Å². The lowest BCUT2D eigenvalue weighted by atomic mass is 10.2. The van der Waals surface area contributed by atoms with Crippen LogP contribution in [0.2, 0.25) is 0 Å². The van der Waals surface area contributed by atoms with E-state index in [0.717, 1.165) is 0 Å². The molecule has 9 nitrogen and oxygen atoms in total. The Morgan fingerprint density at radius 2 is 2.27 bits per heavy atom. The number of fused-ring (bicyclic) bond motifs is 1. The maximum atomic E-state index is 12.3. The van der Waals surface area contributed by atoms with E-state index in [1.165, 1.54) is 36.0 Å². The van der Waals surface area contributed by atoms with E-state index < -0.39 is 29.4 Å². The van der Waals surface area contributed by atoms with E-state index in [1.54, 1.807) is 4.90 Å². The molecule has 0 radical (unpaired) electrons. The van der Waals surface area contributed by atoms with Crippen molar-refractivity contribution in [3.05, 3.63) is 34.4 Å². The summed E-state index contributed by atoms with van der Waals surface area (Å²) in [5, 5.41) is 13.2. The average Bonchev–Trinajstić information content (AvgIpc) is 3.09. The molecule has 138 valence electrons. The molecular weight excluding hydrogens is 362 g/mol. The van der Waals surface area contributed by atoms with E-state index in [9.17, 15) is 24.5 Å². The Labute approximate surface area is 153 Å². The van der Waals surface area contributed by atoms with Gasteiger partial charge in [-0.2, -0.15) is 0 Å². The number of hydrogen-bond acceptors (Lipinski definition) is 7. The van der Waals surface area contributed by atoms with Crippen LogP contribution in [0.15, 0.2) is 24.3 Å². The van der Waals surface area contributed by atoms with E-state index in [2.05, 4.69) is 5.32 Å². The Kier molecular flexibility index (Phi) is 4.86. The number of anilines is 1. The first-order valence-electron chi connectivity index (χ1n) is 7.97. The zero-order valence-electron chi connectivity index (χ0n) is 14.0. The summed E-state index contributed by atoms with van der Waals surface area (Å²) in [4.78, 5) is 47.5. The summed E-state index contributed by atoms with van der Waals surface area (Å²) in [5.74, 6) is -0.876. The Bertz CT molecular complexity index is 785. The highest BCUT2D eigenvalue weighted by atomic mass is 32.2. The quantitative estimate of drug-likeness (QED) is 0.468. The number of carbonyl (C=O) groups is 3. The second kappa shape index (κ2) is 6.94. The number of nitrogens with zero attached hydrogens (tertiary/aromatic N) is 2. The van der Waals surface area contributed by atoms with Crippen LogP contribution in [-0.4, -0.2) is 50.9 Å². The van der Waals surface area contributed by atoms with Crippen LogP contribution < -0.4 is 5.32 Å². The van der Waals surface area contributed by atoms with Crippen LogP contribution >= 0.6 is 11.8 Å². The average molecular weight is 379 g/mol. The summed E-state index contributed by atoms with van der Waals surface area (Å²) in [5.41, 5.74) is 0.0774. The van der Waals surface area contributed by atoms with Gasteiger partial charge in [-0.05, 0) is 19.4 Å². The maximum absolute atomic E-state index is 12.3. The van der Waals surface area contributed by atoms with Gasteiger partial charge in [0, 0.05) is 30.0 Å². The molecule has 2 aliphatic rings. The highest BCUT2D eigenvalue weighted by Gasteiger charge is 2.53. The third kappa shape index (κ3) is 3.50. The molecule has 2 atom stereocenters. The van der Waals surface area contributed by atoms with Crippen molar-refractivity contribution in [3.63, 3.8) is 0 Å². The van der Waals surface area contributed by atoms with Crippen molar-refractivity contribution >= 4 is 40.9 Å². The summed E-state index contributed by atoms with van der Waals surface area (Å²) in [6.45, 7) is 1.40. The molecule has 26 heavy (non-hydrogen) atoms. The number of ether oxygens (including phenoxy) is 1. The van der Waals surface area contributed by atoms with Crippen LogP contribution in [0, 0.1) is 10.1 Å². The van der Waals surface area contributed by atoms with Gasteiger partial charge in [-0.15, -0.1) is 11.8 Å². The van der Waals surface area contributed by atoms with Crippen molar-refractivity contribution in [1.82, 2.24) is 4.90 Å². The van der Waals surface area contributed by atoms with Crippen LogP contribution in [0.3, 0.4) is 0 Å². The number of nitro benzene ring substituents is 1. The van der Waals surface area contributed by atoms with Crippen LogP contribution in [0.4, 0.5) is 11.4 Å². The number of rotatable bonds is 5. The van der Waals surface area contributed by atoms with Crippen molar-refractivity contribution in [1.29, 1.82) is 0 Å². The van der Waals surface area contributed by atoms with Gasteiger partial charge < -0.3 is 15.0 Å². The van der Waals surface area contributed by atoms with Gasteiger partial charge in [0.25, 0.3) is 11.6 Å². The number of amides is 2. The molecule has 2 fully saturated rings. The van der Waals surface area contributed by atoms with Crippen LogP contribution in [0.25, 0.3) is 0 Å². The minimum Gasteiger partial charge on any atom is -0.454 e. The molecule has 0 saturated carbocycles. The highest BCUT2D eigenvalue weighted by Crippen LogP contribution is 2.47. The van der Waals surface area contributed by atoms with Gasteiger partial charge in [0.1, 0.15) is 6.04 Å². The van der Waals surface area contributed by atoms with Gasteiger partial charge in [0.15, 0.2) is 6.61 Å². The third-order valence-corrected chi connectivity index (χ3v) is 5.91. The SMILES string of the molecule is C[C@]12CCC(=O)N1[C@@H](C(=O)OCC(=O)Nc1cccc([N+](=O)[O-])c1)CS2. The van der Waals surface area contributed by atoms with Crippen molar-refractivity contribution in [2.75, 3.05) is 17.7 Å². The summed E-state index contributed by atoms with van der Waals surface area (Å²) in [7, 11) is 0. The lowest BCUT2D eigenvalue weighted by molar-refractivity contribution is -0.384. The van der Waals surface area contributed by atoms with E-state index in [0.29, 0.717) is 18.6 Å².